The lowest BCUT2D eigenvalue weighted by Gasteiger charge is -2.00. The molecule has 0 radical (unpaired) electrons. The normalized spacial score (nSPS) is 24.0. The monoisotopic (exact) mass is 129 g/mol. The van der Waals surface area contributed by atoms with E-state index in [4.69, 9.17) is 0 Å². The average Bonchev–Trinajstić information content (AvgIpc) is 2.00. The number of hydrogen-bond acceptors (Lipinski definition) is 3. The van der Waals surface area contributed by atoms with Crippen molar-refractivity contribution in [1.29, 1.82) is 0 Å². The molecule has 0 atom stereocenters. The lowest BCUT2D eigenvalue weighted by Crippen LogP contribution is -2.33. The van der Waals surface area contributed by atoms with Crippen molar-refractivity contribution < 1.29 is 0 Å². The van der Waals surface area contributed by atoms with Gasteiger partial charge in [0.15, 0.2) is 0 Å². The van der Waals surface area contributed by atoms with Crippen molar-refractivity contribution in [3.8, 4) is 0 Å². The fourth-order valence-electron chi connectivity index (χ4n) is 0.905. The molecular formula is C6H15N3. The van der Waals surface area contributed by atoms with Crippen molar-refractivity contribution in [1.82, 2.24) is 16.2 Å². The molecule has 0 saturated carbocycles. The van der Waals surface area contributed by atoms with E-state index in [1.165, 1.54) is 12.8 Å². The van der Waals surface area contributed by atoms with Crippen LogP contribution in [-0.4, -0.2) is 26.2 Å². The van der Waals surface area contributed by atoms with Crippen LogP contribution in [0.2, 0.25) is 0 Å². The summed E-state index contributed by atoms with van der Waals surface area (Å²) < 4.78 is 0. The standard InChI is InChI=1S/C6H15N3/c1-3-7-4-2-6-9-8-5-1/h7-9H,1-6H2. The van der Waals surface area contributed by atoms with Crippen LogP contribution in [0.1, 0.15) is 12.8 Å². The van der Waals surface area contributed by atoms with Gasteiger partial charge in [0.1, 0.15) is 0 Å². The second kappa shape index (κ2) is 4.73. The second-order valence-electron chi connectivity index (χ2n) is 2.31. The molecule has 1 saturated heterocycles. The molecule has 0 aromatic heterocycles. The molecule has 3 heteroatoms. The molecule has 3 nitrogen and oxygen atoms in total. The summed E-state index contributed by atoms with van der Waals surface area (Å²) >= 11 is 0. The van der Waals surface area contributed by atoms with Crippen LogP contribution in [0.25, 0.3) is 0 Å². The molecule has 0 aliphatic carbocycles. The molecule has 0 bridgehead atoms. The number of hydrazine groups is 1. The second-order valence-corrected chi connectivity index (χ2v) is 2.31. The van der Waals surface area contributed by atoms with Crippen molar-refractivity contribution in [2.24, 2.45) is 0 Å². The largest absolute Gasteiger partial charge is 0.317 e. The summed E-state index contributed by atoms with van der Waals surface area (Å²) in [5, 5.41) is 3.35. The molecule has 9 heavy (non-hydrogen) atoms. The molecule has 1 fully saturated rings. The molecular weight excluding hydrogens is 114 g/mol. The Morgan fingerprint density at radius 1 is 0.667 bits per heavy atom. The predicted molar refractivity (Wildman–Crippen MR) is 38.1 cm³/mol. The summed E-state index contributed by atoms with van der Waals surface area (Å²) in [4.78, 5) is 0. The Kier molecular flexibility index (Phi) is 3.68. The van der Waals surface area contributed by atoms with E-state index in [0.29, 0.717) is 0 Å². The zero-order valence-electron chi connectivity index (χ0n) is 5.74. The van der Waals surface area contributed by atoms with Gasteiger partial charge in [-0.1, -0.05) is 0 Å². The van der Waals surface area contributed by atoms with E-state index in [1.807, 2.05) is 0 Å². The Balaban J connectivity index is 2.02. The van der Waals surface area contributed by atoms with Gasteiger partial charge in [0.25, 0.3) is 0 Å². The Hall–Kier alpha value is -0.120. The van der Waals surface area contributed by atoms with Crippen LogP contribution in [0.15, 0.2) is 0 Å². The van der Waals surface area contributed by atoms with Gasteiger partial charge in [-0.2, -0.15) is 0 Å². The molecule has 1 heterocycles. The van der Waals surface area contributed by atoms with Gasteiger partial charge < -0.3 is 5.32 Å². The highest BCUT2D eigenvalue weighted by molar-refractivity contribution is 4.54. The first-order valence-corrected chi connectivity index (χ1v) is 3.66. The molecule has 0 unspecified atom stereocenters. The van der Waals surface area contributed by atoms with Crippen LogP contribution in [0.3, 0.4) is 0 Å². The van der Waals surface area contributed by atoms with Crippen LogP contribution in [-0.2, 0) is 0 Å². The molecule has 1 aliphatic heterocycles. The zero-order valence-corrected chi connectivity index (χ0v) is 5.74. The van der Waals surface area contributed by atoms with Gasteiger partial charge >= 0.3 is 0 Å². The predicted octanol–water partition coefficient (Wildman–Crippen LogP) is -0.536. The fraction of sp³-hybridized carbons (Fsp3) is 1.00. The topological polar surface area (TPSA) is 36.1 Å². The minimum absolute atomic E-state index is 1.08. The Bertz CT molecular complexity index is 36.8. The van der Waals surface area contributed by atoms with E-state index >= 15 is 0 Å². The van der Waals surface area contributed by atoms with Gasteiger partial charge in [0, 0.05) is 13.1 Å². The van der Waals surface area contributed by atoms with Crippen LogP contribution in [0, 0.1) is 0 Å². The smallest absolute Gasteiger partial charge is 0.0112 e. The summed E-state index contributed by atoms with van der Waals surface area (Å²) in [7, 11) is 0. The van der Waals surface area contributed by atoms with Crippen LogP contribution in [0.4, 0.5) is 0 Å². The Morgan fingerprint density at radius 2 is 1.22 bits per heavy atom. The Morgan fingerprint density at radius 3 is 1.78 bits per heavy atom. The fourth-order valence-corrected chi connectivity index (χ4v) is 0.905. The molecule has 54 valence electrons. The summed E-state index contributed by atoms with van der Waals surface area (Å²) in [5.41, 5.74) is 6.27. The third kappa shape index (κ3) is 3.46. The van der Waals surface area contributed by atoms with Crippen molar-refractivity contribution in [3.05, 3.63) is 0 Å². The lowest BCUT2D eigenvalue weighted by atomic mass is 10.4. The van der Waals surface area contributed by atoms with E-state index in [2.05, 4.69) is 16.2 Å². The van der Waals surface area contributed by atoms with E-state index in [0.717, 1.165) is 26.2 Å². The maximum Gasteiger partial charge on any atom is 0.0112 e. The molecule has 0 spiro atoms. The lowest BCUT2D eigenvalue weighted by molar-refractivity contribution is 0.534. The van der Waals surface area contributed by atoms with Gasteiger partial charge in [-0.05, 0) is 25.9 Å². The summed E-state index contributed by atoms with van der Waals surface area (Å²) in [6.45, 7) is 4.45. The third-order valence-corrected chi connectivity index (χ3v) is 1.44. The third-order valence-electron chi connectivity index (χ3n) is 1.44. The molecule has 1 aliphatic rings. The highest BCUT2D eigenvalue weighted by Gasteiger charge is 1.92. The maximum absolute atomic E-state index is 3.35. The van der Waals surface area contributed by atoms with Crippen LogP contribution in [0.5, 0.6) is 0 Å². The average molecular weight is 129 g/mol. The minimum Gasteiger partial charge on any atom is -0.317 e. The Labute approximate surface area is 56.2 Å². The van der Waals surface area contributed by atoms with Crippen molar-refractivity contribution in [3.63, 3.8) is 0 Å². The molecule has 3 N–H and O–H groups in total. The van der Waals surface area contributed by atoms with E-state index < -0.39 is 0 Å². The summed E-state index contributed by atoms with van der Waals surface area (Å²) in [6, 6.07) is 0. The van der Waals surface area contributed by atoms with Crippen LogP contribution >= 0.6 is 0 Å². The molecule has 0 aromatic carbocycles. The minimum atomic E-state index is 1.08. The van der Waals surface area contributed by atoms with Crippen LogP contribution < -0.4 is 16.2 Å². The number of rotatable bonds is 0. The van der Waals surface area contributed by atoms with Crippen molar-refractivity contribution in [2.75, 3.05) is 26.2 Å². The van der Waals surface area contributed by atoms with Gasteiger partial charge in [0.2, 0.25) is 0 Å². The molecule has 1 rings (SSSR count). The zero-order chi connectivity index (χ0) is 6.36. The SMILES string of the molecule is C1CNCCCNNC1. The summed E-state index contributed by atoms with van der Waals surface area (Å²) in [5.74, 6) is 0. The number of hydrogen-bond donors (Lipinski definition) is 3. The van der Waals surface area contributed by atoms with E-state index in [-0.39, 0.29) is 0 Å². The molecule has 0 amide bonds. The first-order chi connectivity index (χ1) is 4.50. The highest BCUT2D eigenvalue weighted by atomic mass is 15.3. The molecule has 0 aromatic rings. The van der Waals surface area contributed by atoms with Crippen molar-refractivity contribution in [2.45, 2.75) is 12.8 Å². The maximum atomic E-state index is 3.35. The summed E-state index contributed by atoms with van der Waals surface area (Å²) in [6.07, 6.45) is 2.43. The van der Waals surface area contributed by atoms with Gasteiger partial charge in [-0.3, -0.25) is 10.9 Å². The van der Waals surface area contributed by atoms with Gasteiger partial charge in [-0.25, -0.2) is 0 Å². The first-order valence-electron chi connectivity index (χ1n) is 3.66. The first kappa shape index (κ1) is 6.99. The number of nitrogens with one attached hydrogen (secondary N) is 3. The van der Waals surface area contributed by atoms with E-state index in [1.54, 1.807) is 0 Å². The van der Waals surface area contributed by atoms with Gasteiger partial charge in [-0.15, -0.1) is 0 Å². The quantitative estimate of drug-likeness (QED) is 0.411. The van der Waals surface area contributed by atoms with Crippen molar-refractivity contribution >= 4 is 0 Å². The van der Waals surface area contributed by atoms with Gasteiger partial charge in [0.05, 0.1) is 0 Å². The highest BCUT2D eigenvalue weighted by Crippen LogP contribution is 1.78. The van der Waals surface area contributed by atoms with E-state index in [9.17, 15) is 0 Å².